The largest absolute Gasteiger partial charge is 1.00 e. The van der Waals surface area contributed by atoms with Gasteiger partial charge in [0, 0.05) is 0 Å². The Labute approximate surface area is 76.5 Å². The van der Waals surface area contributed by atoms with Crippen LogP contribution in [-0.2, 0) is 0 Å². The summed E-state index contributed by atoms with van der Waals surface area (Å²) in [6.07, 6.45) is 8.14. The molecule has 0 radical (unpaired) electrons. The van der Waals surface area contributed by atoms with Gasteiger partial charge >= 0.3 is 0 Å². The van der Waals surface area contributed by atoms with E-state index in [9.17, 15) is 0 Å². The minimum Gasteiger partial charge on any atom is -1.00 e. The maximum atomic E-state index is 5.46. The molecule has 1 aliphatic heterocycles. The van der Waals surface area contributed by atoms with E-state index >= 15 is 0 Å². The first-order valence-corrected chi connectivity index (χ1v) is 2.84. The third kappa shape index (κ3) is 2.94. The van der Waals surface area contributed by atoms with Gasteiger partial charge in [-0.25, -0.2) is 0 Å². The fourth-order valence-corrected chi connectivity index (χ4v) is 0.583. The second kappa shape index (κ2) is 4.91. The van der Waals surface area contributed by atoms with E-state index in [2.05, 4.69) is 11.2 Å². The Hall–Kier alpha value is 0.0800. The minimum atomic E-state index is 0. The Kier molecular flexibility index (Phi) is 4.96. The van der Waals surface area contributed by atoms with Crippen molar-refractivity contribution in [2.24, 2.45) is 4.99 Å². The molecule has 0 bridgehead atoms. The molecule has 3 heteroatoms. The highest BCUT2D eigenvalue weighted by Crippen LogP contribution is 1.98. The number of alkyl halides is 1. The first kappa shape index (κ1) is 9.08. The standard InChI is InChI=1S/C6H5ClN.HI/c7-4-6-2-1-3-8-5-6;/h1-3H,4H2;1H/q+1;/p-1. The van der Waals surface area contributed by atoms with Gasteiger partial charge in [0.15, 0.2) is 11.8 Å². The van der Waals surface area contributed by atoms with Gasteiger partial charge in [0.25, 0.3) is 0 Å². The summed E-state index contributed by atoms with van der Waals surface area (Å²) in [5, 5.41) is 0. The zero-order chi connectivity index (χ0) is 5.82. The molecule has 0 atom stereocenters. The molecule has 48 valence electrons. The number of hydrogen-bond acceptors (Lipinski definition) is 1. The second-order valence-electron chi connectivity index (χ2n) is 1.41. The third-order valence-electron chi connectivity index (χ3n) is 0.810. The summed E-state index contributed by atoms with van der Waals surface area (Å²) < 4.78 is 0. The topological polar surface area (TPSA) is 12.4 Å². The monoisotopic (exact) mass is 253 g/mol. The highest BCUT2D eigenvalue weighted by molar-refractivity contribution is 6.21. The second-order valence-corrected chi connectivity index (χ2v) is 1.68. The van der Waals surface area contributed by atoms with Crippen LogP contribution in [-0.4, -0.2) is 12.1 Å². The summed E-state index contributed by atoms with van der Waals surface area (Å²) in [5.74, 6) is 0.494. The fourth-order valence-electron chi connectivity index (χ4n) is 0.434. The molecule has 1 aliphatic rings. The molecule has 0 saturated carbocycles. The molecule has 1 nitrogen and oxygen atoms in total. The van der Waals surface area contributed by atoms with Crippen LogP contribution in [0.3, 0.4) is 0 Å². The van der Waals surface area contributed by atoms with Gasteiger partial charge in [0.2, 0.25) is 0 Å². The molecular formula is C6H5ClIN. The molecule has 1 rings (SSSR count). The highest BCUT2D eigenvalue weighted by Gasteiger charge is 2.00. The number of hydrogen-bond donors (Lipinski definition) is 0. The SMILES string of the molecule is ClCC1=CC=CN=[C+]1.[I-]. The van der Waals surface area contributed by atoms with Crippen LogP contribution in [0.1, 0.15) is 0 Å². The van der Waals surface area contributed by atoms with Gasteiger partial charge in [-0.15, -0.1) is 11.6 Å². The van der Waals surface area contributed by atoms with Gasteiger partial charge in [-0.2, -0.15) is 0 Å². The number of aliphatic imine (C=N–C) groups is 1. The van der Waals surface area contributed by atoms with E-state index in [1.54, 1.807) is 6.20 Å². The molecule has 0 aromatic rings. The first-order chi connectivity index (χ1) is 3.93. The van der Waals surface area contributed by atoms with Crippen molar-refractivity contribution in [2.45, 2.75) is 0 Å². The van der Waals surface area contributed by atoms with Crippen LogP contribution in [0.25, 0.3) is 0 Å². The van der Waals surface area contributed by atoms with Crippen LogP contribution in [0.2, 0.25) is 0 Å². The molecule has 9 heavy (non-hydrogen) atoms. The predicted octanol–water partition coefficient (Wildman–Crippen LogP) is -1.37. The number of halogens is 2. The van der Waals surface area contributed by atoms with Crippen LogP contribution in [0.5, 0.6) is 0 Å². The highest BCUT2D eigenvalue weighted by atomic mass is 127. The van der Waals surface area contributed by atoms with Gasteiger partial charge in [-0.3, -0.25) is 0 Å². The van der Waals surface area contributed by atoms with Gasteiger partial charge < -0.3 is 24.0 Å². The molecule has 0 amide bonds. The fraction of sp³-hybridized carbons (Fsp3) is 0.167. The Morgan fingerprint density at radius 3 is 2.78 bits per heavy atom. The van der Waals surface area contributed by atoms with Crippen molar-refractivity contribution in [2.75, 3.05) is 5.88 Å². The van der Waals surface area contributed by atoms with E-state index in [1.165, 1.54) is 0 Å². The van der Waals surface area contributed by atoms with Gasteiger partial charge in [-0.05, 0) is 0 Å². The van der Waals surface area contributed by atoms with E-state index in [-0.39, 0.29) is 24.0 Å². The molecule has 1 heterocycles. The van der Waals surface area contributed by atoms with Gasteiger partial charge in [0.1, 0.15) is 6.20 Å². The molecule has 0 unspecified atom stereocenters. The Bertz CT molecular complexity index is 160. The lowest BCUT2D eigenvalue weighted by Gasteiger charge is -1.81. The quantitative estimate of drug-likeness (QED) is 0.311. The maximum Gasteiger partial charge on any atom is 0.160 e. The van der Waals surface area contributed by atoms with Gasteiger partial charge in [0.05, 0.1) is 18.0 Å². The normalized spacial score (nSPS) is 13.7. The smallest absolute Gasteiger partial charge is 0.160 e. The number of nitrogens with zero attached hydrogens (tertiary/aromatic N) is 1. The van der Waals surface area contributed by atoms with Crippen molar-refractivity contribution in [1.82, 2.24) is 0 Å². The van der Waals surface area contributed by atoms with Crippen molar-refractivity contribution in [1.29, 1.82) is 0 Å². The van der Waals surface area contributed by atoms with Crippen molar-refractivity contribution < 1.29 is 24.0 Å². The summed E-state index contributed by atoms with van der Waals surface area (Å²) in [6.45, 7) is 0. The zero-order valence-corrected chi connectivity index (χ0v) is 7.56. The van der Waals surface area contributed by atoms with Crippen LogP contribution in [0.4, 0.5) is 0 Å². The average Bonchev–Trinajstić information content (AvgIpc) is 1.90. The molecule has 0 fully saturated rings. The van der Waals surface area contributed by atoms with Crippen LogP contribution in [0.15, 0.2) is 28.9 Å². The molecule has 0 aromatic heterocycles. The molecule has 0 saturated heterocycles. The molecule has 0 aliphatic carbocycles. The molecular weight excluding hydrogens is 248 g/mol. The summed E-state index contributed by atoms with van der Waals surface area (Å²) in [4.78, 5) is 3.75. The number of allylic oxidation sites excluding steroid dienone is 3. The summed E-state index contributed by atoms with van der Waals surface area (Å²) in [7, 11) is 0. The van der Waals surface area contributed by atoms with Crippen LogP contribution < -0.4 is 24.0 Å². The van der Waals surface area contributed by atoms with Crippen LogP contribution >= 0.6 is 11.6 Å². The van der Waals surface area contributed by atoms with E-state index in [0.29, 0.717) is 5.88 Å². The van der Waals surface area contributed by atoms with Gasteiger partial charge in [-0.1, -0.05) is 4.99 Å². The summed E-state index contributed by atoms with van der Waals surface area (Å²) in [6, 6.07) is 0. The van der Waals surface area contributed by atoms with E-state index in [1.807, 2.05) is 12.2 Å². The lowest BCUT2D eigenvalue weighted by molar-refractivity contribution is -0.00000152. The Morgan fingerprint density at radius 2 is 2.44 bits per heavy atom. The van der Waals surface area contributed by atoms with E-state index in [0.717, 1.165) is 5.57 Å². The van der Waals surface area contributed by atoms with E-state index < -0.39 is 0 Å². The zero-order valence-electron chi connectivity index (χ0n) is 4.64. The third-order valence-corrected chi connectivity index (χ3v) is 1.10. The van der Waals surface area contributed by atoms with Crippen molar-refractivity contribution in [3.63, 3.8) is 0 Å². The Balaban J connectivity index is 0.000000640. The summed E-state index contributed by atoms with van der Waals surface area (Å²) >= 11 is 5.46. The lowest BCUT2D eigenvalue weighted by atomic mass is 10.3. The van der Waals surface area contributed by atoms with Crippen molar-refractivity contribution in [3.8, 4) is 0 Å². The number of rotatable bonds is 1. The average molecular weight is 253 g/mol. The maximum absolute atomic E-state index is 5.46. The van der Waals surface area contributed by atoms with Crippen molar-refractivity contribution in [3.05, 3.63) is 23.9 Å². The lowest BCUT2D eigenvalue weighted by Crippen LogP contribution is -3.00. The molecule has 0 aromatic carbocycles. The van der Waals surface area contributed by atoms with Crippen LogP contribution in [0, 0.1) is 0 Å². The predicted molar refractivity (Wildman–Crippen MR) is 35.4 cm³/mol. The minimum absolute atomic E-state index is 0. The Morgan fingerprint density at radius 1 is 1.67 bits per heavy atom. The summed E-state index contributed by atoms with van der Waals surface area (Å²) in [5.41, 5.74) is 0.939. The molecule has 0 N–H and O–H groups in total. The van der Waals surface area contributed by atoms with Crippen molar-refractivity contribution >= 4 is 17.8 Å². The van der Waals surface area contributed by atoms with E-state index in [4.69, 9.17) is 11.6 Å². The first-order valence-electron chi connectivity index (χ1n) is 2.31. The molecule has 0 spiro atoms.